The van der Waals surface area contributed by atoms with Gasteiger partial charge < -0.3 is 10.6 Å². The van der Waals surface area contributed by atoms with Crippen LogP contribution in [0.25, 0.3) is 16.7 Å². The van der Waals surface area contributed by atoms with Gasteiger partial charge in [0.05, 0.1) is 10.9 Å². The van der Waals surface area contributed by atoms with Crippen LogP contribution >= 0.6 is 0 Å². The van der Waals surface area contributed by atoms with Gasteiger partial charge in [-0.25, -0.2) is 13.9 Å². The summed E-state index contributed by atoms with van der Waals surface area (Å²) in [6, 6.07) is 7.16. The second-order valence-corrected chi connectivity index (χ2v) is 9.75. The van der Waals surface area contributed by atoms with Crippen LogP contribution in [-0.2, 0) is 22.7 Å². The first-order valence-electron chi connectivity index (χ1n) is 12.7. The molecule has 5 rings (SSSR count). The molecule has 2 aliphatic rings. The maximum atomic E-state index is 13.3. The van der Waals surface area contributed by atoms with Crippen LogP contribution in [0.1, 0.15) is 64.2 Å². The predicted molar refractivity (Wildman–Crippen MR) is 131 cm³/mol. The summed E-state index contributed by atoms with van der Waals surface area (Å²) in [4.78, 5) is 51.8. The Hall–Kier alpha value is -3.43. The minimum Gasteiger partial charge on any atom is -0.353 e. The molecule has 35 heavy (non-hydrogen) atoms. The number of hydrogen-bond donors (Lipinski definition) is 2. The van der Waals surface area contributed by atoms with E-state index in [0.717, 1.165) is 56.0 Å². The van der Waals surface area contributed by atoms with Crippen molar-refractivity contribution < 1.29 is 9.59 Å². The van der Waals surface area contributed by atoms with Crippen LogP contribution in [0.5, 0.6) is 0 Å². The molecule has 186 valence electrons. The van der Waals surface area contributed by atoms with Crippen molar-refractivity contribution in [2.75, 3.05) is 0 Å². The van der Waals surface area contributed by atoms with E-state index < -0.39 is 5.69 Å². The average Bonchev–Trinajstić information content (AvgIpc) is 3.47. The van der Waals surface area contributed by atoms with Crippen LogP contribution < -0.4 is 21.9 Å². The fourth-order valence-corrected chi connectivity index (χ4v) is 5.41. The zero-order valence-electron chi connectivity index (χ0n) is 19.9. The molecule has 0 radical (unpaired) electrons. The highest BCUT2D eigenvalue weighted by atomic mass is 16.2. The third-order valence-corrected chi connectivity index (χ3v) is 7.23. The number of carbonyl (C=O) groups excluding carboxylic acids is 2. The van der Waals surface area contributed by atoms with Crippen molar-refractivity contribution in [2.24, 2.45) is 0 Å². The number of para-hydroxylation sites is 1. The largest absolute Gasteiger partial charge is 0.353 e. The van der Waals surface area contributed by atoms with Crippen molar-refractivity contribution >= 4 is 28.5 Å². The third-order valence-electron chi connectivity index (χ3n) is 7.23. The highest BCUT2D eigenvalue weighted by Crippen LogP contribution is 2.18. The first-order valence-corrected chi connectivity index (χ1v) is 12.7. The number of rotatable bonds is 7. The van der Waals surface area contributed by atoms with Gasteiger partial charge in [0.2, 0.25) is 17.6 Å². The van der Waals surface area contributed by atoms with Gasteiger partial charge >= 0.3 is 5.69 Å². The van der Waals surface area contributed by atoms with Gasteiger partial charge in [-0.2, -0.15) is 0 Å². The van der Waals surface area contributed by atoms with E-state index in [2.05, 4.69) is 15.7 Å². The molecule has 2 saturated carbocycles. The lowest BCUT2D eigenvalue weighted by Gasteiger charge is -2.22. The summed E-state index contributed by atoms with van der Waals surface area (Å²) in [6.07, 6.45) is 9.56. The zero-order chi connectivity index (χ0) is 24.4. The molecule has 2 aliphatic carbocycles. The van der Waals surface area contributed by atoms with Crippen LogP contribution in [0, 0.1) is 0 Å². The van der Waals surface area contributed by atoms with E-state index in [1.807, 2.05) is 0 Å². The van der Waals surface area contributed by atoms with Crippen LogP contribution in [0.3, 0.4) is 0 Å². The molecule has 3 aromatic rings. The maximum Gasteiger partial charge on any atom is 0.352 e. The van der Waals surface area contributed by atoms with Gasteiger partial charge in [-0.1, -0.05) is 44.2 Å². The van der Waals surface area contributed by atoms with Gasteiger partial charge in [0.25, 0.3) is 5.56 Å². The number of nitrogens with one attached hydrogen (secondary N) is 2. The van der Waals surface area contributed by atoms with Crippen LogP contribution in [0.2, 0.25) is 0 Å². The van der Waals surface area contributed by atoms with Gasteiger partial charge in [0.1, 0.15) is 6.54 Å². The Balaban J connectivity index is 1.44. The Labute approximate surface area is 202 Å². The van der Waals surface area contributed by atoms with E-state index >= 15 is 0 Å². The average molecular weight is 481 g/mol. The molecule has 2 fully saturated rings. The predicted octanol–water partition coefficient (Wildman–Crippen LogP) is 1.71. The Morgan fingerprint density at radius 1 is 0.886 bits per heavy atom. The molecule has 0 saturated heterocycles. The van der Waals surface area contributed by atoms with Crippen molar-refractivity contribution in [1.29, 1.82) is 0 Å². The Morgan fingerprint density at radius 3 is 2.23 bits per heavy atom. The molecule has 1 aromatic carbocycles. The summed E-state index contributed by atoms with van der Waals surface area (Å²) in [7, 11) is 0. The molecule has 0 aliphatic heterocycles. The molecule has 10 heteroatoms. The lowest BCUT2D eigenvalue weighted by Crippen LogP contribution is -2.37. The van der Waals surface area contributed by atoms with Gasteiger partial charge in [0.15, 0.2) is 0 Å². The summed E-state index contributed by atoms with van der Waals surface area (Å²) < 4.78 is 3.83. The molecule has 0 atom stereocenters. The highest BCUT2D eigenvalue weighted by molar-refractivity contribution is 5.80. The number of aryl methyl sites for hydroxylation is 1. The van der Waals surface area contributed by atoms with Gasteiger partial charge in [-0.05, 0) is 37.8 Å². The van der Waals surface area contributed by atoms with Gasteiger partial charge in [0, 0.05) is 25.0 Å². The summed E-state index contributed by atoms with van der Waals surface area (Å²) in [5.74, 6) is -0.252. The Morgan fingerprint density at radius 2 is 1.51 bits per heavy atom. The molecule has 0 bridgehead atoms. The lowest BCUT2D eigenvalue weighted by atomic mass is 9.95. The Bertz CT molecular complexity index is 1360. The van der Waals surface area contributed by atoms with Gasteiger partial charge in [-0.3, -0.25) is 19.0 Å². The number of aromatic nitrogens is 4. The van der Waals surface area contributed by atoms with E-state index in [1.165, 1.54) is 15.4 Å². The molecular weight excluding hydrogens is 448 g/mol. The van der Waals surface area contributed by atoms with Crippen molar-refractivity contribution in [3.8, 4) is 0 Å². The Kier molecular flexibility index (Phi) is 6.70. The summed E-state index contributed by atoms with van der Waals surface area (Å²) in [6.45, 7) is -0.127. The first kappa shape index (κ1) is 23.3. The number of amides is 2. The number of fused-ring (bicyclic) bond motifs is 3. The van der Waals surface area contributed by atoms with E-state index in [1.54, 1.807) is 24.3 Å². The van der Waals surface area contributed by atoms with E-state index in [-0.39, 0.29) is 54.7 Å². The molecule has 2 amide bonds. The van der Waals surface area contributed by atoms with E-state index in [4.69, 9.17) is 0 Å². The van der Waals surface area contributed by atoms with Crippen molar-refractivity contribution in [1.82, 2.24) is 29.4 Å². The number of benzene rings is 1. The molecule has 2 heterocycles. The SMILES string of the molecule is O=C(CCn1c(=O)c2ccccc2n2c(=O)n(CC(=O)NC3CCCC3)nc12)NC1CCCCC1. The fraction of sp³-hybridized carbons (Fsp3) is 0.560. The number of carbonyl (C=O) groups is 2. The lowest BCUT2D eigenvalue weighted by molar-refractivity contribution is -0.123. The molecule has 0 spiro atoms. The normalized spacial score (nSPS) is 17.3. The summed E-state index contributed by atoms with van der Waals surface area (Å²) in [5, 5.41) is 10.8. The van der Waals surface area contributed by atoms with Crippen LogP contribution in [-0.4, -0.2) is 42.6 Å². The monoisotopic (exact) mass is 480 g/mol. The zero-order valence-corrected chi connectivity index (χ0v) is 19.9. The topological polar surface area (TPSA) is 120 Å². The third kappa shape index (κ3) is 4.87. The van der Waals surface area contributed by atoms with Crippen LogP contribution in [0.4, 0.5) is 0 Å². The first-order chi connectivity index (χ1) is 17.0. The maximum absolute atomic E-state index is 13.3. The van der Waals surface area contributed by atoms with Crippen molar-refractivity contribution in [3.63, 3.8) is 0 Å². The van der Waals surface area contributed by atoms with E-state index in [9.17, 15) is 19.2 Å². The van der Waals surface area contributed by atoms with Crippen molar-refractivity contribution in [3.05, 3.63) is 45.1 Å². The molecular formula is C25H32N6O4. The highest BCUT2D eigenvalue weighted by Gasteiger charge is 2.22. The standard InChI is InChI=1S/C25H32N6O4/c32-21(26-17-8-2-1-3-9-17)14-15-29-23(34)19-12-6-7-13-20(19)31-24(29)28-30(25(31)35)16-22(33)27-18-10-4-5-11-18/h6-7,12-13,17-18H,1-5,8-11,14-16H2,(H,26,32)(H,27,33). The molecule has 0 unspecified atom stereocenters. The fourth-order valence-electron chi connectivity index (χ4n) is 5.41. The number of nitrogens with zero attached hydrogens (tertiary/aromatic N) is 4. The summed E-state index contributed by atoms with van der Waals surface area (Å²) >= 11 is 0. The second-order valence-electron chi connectivity index (χ2n) is 9.75. The van der Waals surface area contributed by atoms with Crippen LogP contribution in [0.15, 0.2) is 33.9 Å². The minimum atomic E-state index is -0.488. The minimum absolute atomic E-state index is 0.0937. The second kappa shape index (κ2) is 10.1. The van der Waals surface area contributed by atoms with Crippen molar-refractivity contribution in [2.45, 2.75) is 89.4 Å². The van der Waals surface area contributed by atoms with Gasteiger partial charge in [-0.15, -0.1) is 5.10 Å². The summed E-state index contributed by atoms with van der Waals surface area (Å²) in [5.41, 5.74) is -0.368. The molecule has 10 nitrogen and oxygen atoms in total. The number of hydrogen-bond acceptors (Lipinski definition) is 5. The smallest absolute Gasteiger partial charge is 0.352 e. The molecule has 2 aromatic heterocycles. The van der Waals surface area contributed by atoms with E-state index in [0.29, 0.717) is 10.9 Å². The quantitative estimate of drug-likeness (QED) is 0.534. The molecule has 2 N–H and O–H groups in total.